The third kappa shape index (κ3) is 3.68. The summed E-state index contributed by atoms with van der Waals surface area (Å²) in [4.78, 5) is 17.3. The second-order valence-electron chi connectivity index (χ2n) is 6.10. The molecule has 0 aliphatic carbocycles. The van der Waals surface area contributed by atoms with Crippen molar-refractivity contribution in [1.29, 1.82) is 0 Å². The number of carbonyl (C=O) groups is 1. The van der Waals surface area contributed by atoms with Crippen LogP contribution in [0.25, 0.3) is 0 Å². The van der Waals surface area contributed by atoms with Gasteiger partial charge in [-0.1, -0.05) is 41.4 Å². The van der Waals surface area contributed by atoms with Gasteiger partial charge in [0.05, 0.1) is 12.1 Å². The highest BCUT2D eigenvalue weighted by Crippen LogP contribution is 2.48. The Kier molecular flexibility index (Phi) is 5.19. The van der Waals surface area contributed by atoms with Crippen molar-refractivity contribution in [2.75, 3.05) is 13.1 Å². The van der Waals surface area contributed by atoms with Crippen LogP contribution < -0.4 is 0 Å². The molecule has 1 aliphatic rings. The van der Waals surface area contributed by atoms with Crippen LogP contribution in [0.15, 0.2) is 48.5 Å². The van der Waals surface area contributed by atoms with Gasteiger partial charge in [-0.2, -0.15) is 13.2 Å². The third-order valence-electron chi connectivity index (χ3n) is 4.41. The molecule has 0 radical (unpaired) electrons. The molecule has 26 heavy (non-hydrogen) atoms. The van der Waals surface area contributed by atoms with Gasteiger partial charge in [0.25, 0.3) is 0 Å². The molecule has 0 spiro atoms. The lowest BCUT2D eigenvalue weighted by atomic mass is 9.79. The minimum absolute atomic E-state index is 0.0410. The summed E-state index contributed by atoms with van der Waals surface area (Å²) >= 11 is 11.8. The number of halogens is 5. The number of hydroxylamine groups is 2. The number of nitrogens with zero attached hydrogens (tertiary/aromatic N) is 1. The SMILES string of the molecule is O=C(ON1CCC(c2cc(Cl)cc(Cl)c2)(C(F)(F)F)C1)c1ccccc1. The lowest BCUT2D eigenvalue weighted by molar-refractivity contribution is -0.196. The summed E-state index contributed by atoms with van der Waals surface area (Å²) in [7, 11) is 0. The Bertz CT molecular complexity index is 794. The molecule has 0 aromatic heterocycles. The molecular formula is C18H14Cl2F3NO2. The highest BCUT2D eigenvalue weighted by atomic mass is 35.5. The molecule has 8 heteroatoms. The van der Waals surface area contributed by atoms with E-state index in [9.17, 15) is 18.0 Å². The molecule has 3 rings (SSSR count). The molecule has 0 bridgehead atoms. The number of rotatable bonds is 3. The molecule has 2 aromatic rings. The third-order valence-corrected chi connectivity index (χ3v) is 4.85. The van der Waals surface area contributed by atoms with Crippen LogP contribution in [0.2, 0.25) is 10.0 Å². The summed E-state index contributed by atoms with van der Waals surface area (Å²) in [5, 5.41) is 1.28. The standard InChI is InChI=1S/C18H14Cl2F3NO2/c19-14-8-13(9-15(20)10-14)17(18(21,22)23)6-7-24(11-17)26-16(25)12-4-2-1-3-5-12/h1-5,8-10H,6-7,11H2. The van der Waals surface area contributed by atoms with Crippen molar-refractivity contribution < 1.29 is 22.8 Å². The van der Waals surface area contributed by atoms with Crippen LogP contribution in [0.4, 0.5) is 13.2 Å². The molecule has 138 valence electrons. The topological polar surface area (TPSA) is 29.5 Å². The van der Waals surface area contributed by atoms with E-state index < -0.39 is 24.1 Å². The average molecular weight is 404 g/mol. The summed E-state index contributed by atoms with van der Waals surface area (Å²) in [6.07, 6.45) is -4.83. The lowest BCUT2D eigenvalue weighted by Crippen LogP contribution is -2.45. The van der Waals surface area contributed by atoms with Gasteiger partial charge >= 0.3 is 12.1 Å². The first-order valence-corrected chi connectivity index (χ1v) is 8.52. The molecule has 1 atom stereocenters. The molecule has 0 amide bonds. The summed E-state index contributed by atoms with van der Waals surface area (Å²) < 4.78 is 41.8. The van der Waals surface area contributed by atoms with Crippen LogP contribution in [0.1, 0.15) is 22.3 Å². The number of benzene rings is 2. The zero-order valence-electron chi connectivity index (χ0n) is 13.4. The molecule has 1 unspecified atom stereocenters. The Morgan fingerprint density at radius 2 is 1.69 bits per heavy atom. The lowest BCUT2D eigenvalue weighted by Gasteiger charge is -2.32. The van der Waals surface area contributed by atoms with E-state index in [4.69, 9.17) is 28.0 Å². The number of carbonyl (C=O) groups excluding carboxylic acids is 1. The minimum atomic E-state index is -4.56. The van der Waals surface area contributed by atoms with Crippen molar-refractivity contribution in [3.63, 3.8) is 0 Å². The molecule has 1 heterocycles. The molecule has 0 saturated carbocycles. The zero-order valence-corrected chi connectivity index (χ0v) is 14.9. The Morgan fingerprint density at radius 3 is 2.27 bits per heavy atom. The molecular weight excluding hydrogens is 390 g/mol. The summed E-state index contributed by atoms with van der Waals surface area (Å²) in [6, 6.07) is 12.0. The van der Waals surface area contributed by atoms with E-state index >= 15 is 0 Å². The maximum absolute atomic E-state index is 13.9. The van der Waals surface area contributed by atoms with E-state index in [1.807, 2.05) is 0 Å². The van der Waals surface area contributed by atoms with Crippen LogP contribution in [-0.4, -0.2) is 30.3 Å². The van der Waals surface area contributed by atoms with Crippen molar-refractivity contribution in [1.82, 2.24) is 5.06 Å². The van der Waals surface area contributed by atoms with Crippen LogP contribution in [0.3, 0.4) is 0 Å². The summed E-state index contributed by atoms with van der Waals surface area (Å²) in [5.41, 5.74) is -1.98. The summed E-state index contributed by atoms with van der Waals surface area (Å²) in [5.74, 6) is -0.701. The van der Waals surface area contributed by atoms with Crippen molar-refractivity contribution in [2.45, 2.75) is 18.0 Å². The van der Waals surface area contributed by atoms with Gasteiger partial charge in [-0.05, 0) is 42.3 Å². The molecule has 3 nitrogen and oxygen atoms in total. The maximum atomic E-state index is 13.9. The quantitative estimate of drug-likeness (QED) is 0.698. The highest BCUT2D eigenvalue weighted by Gasteiger charge is 2.60. The van der Waals surface area contributed by atoms with Gasteiger partial charge in [0.2, 0.25) is 0 Å². The Hall–Kier alpha value is -1.76. The second kappa shape index (κ2) is 7.10. The number of hydrogen-bond donors (Lipinski definition) is 0. The van der Waals surface area contributed by atoms with Crippen LogP contribution in [-0.2, 0) is 10.3 Å². The van der Waals surface area contributed by atoms with E-state index in [1.54, 1.807) is 18.2 Å². The Labute approximate surface area is 158 Å². The predicted molar refractivity (Wildman–Crippen MR) is 92.2 cm³/mol. The van der Waals surface area contributed by atoms with E-state index in [2.05, 4.69) is 0 Å². The monoisotopic (exact) mass is 403 g/mol. The first-order valence-electron chi connectivity index (χ1n) is 7.77. The second-order valence-corrected chi connectivity index (χ2v) is 6.97. The first-order chi connectivity index (χ1) is 12.2. The van der Waals surface area contributed by atoms with E-state index in [1.165, 1.54) is 30.3 Å². The van der Waals surface area contributed by atoms with Crippen molar-refractivity contribution in [2.24, 2.45) is 0 Å². The van der Waals surface area contributed by atoms with Crippen LogP contribution in [0, 0.1) is 0 Å². The average Bonchev–Trinajstić information content (AvgIpc) is 3.00. The van der Waals surface area contributed by atoms with Crippen molar-refractivity contribution >= 4 is 29.2 Å². The van der Waals surface area contributed by atoms with Crippen molar-refractivity contribution in [3.05, 3.63) is 69.7 Å². The maximum Gasteiger partial charge on any atom is 0.399 e. The van der Waals surface area contributed by atoms with Gasteiger partial charge in [0.1, 0.15) is 5.41 Å². The summed E-state index contributed by atoms with van der Waals surface area (Å²) in [6.45, 7) is -0.575. The fraction of sp³-hybridized carbons (Fsp3) is 0.278. The molecule has 1 fully saturated rings. The normalized spacial score (nSPS) is 21.0. The Morgan fingerprint density at radius 1 is 1.08 bits per heavy atom. The Balaban J connectivity index is 1.86. The number of alkyl halides is 3. The van der Waals surface area contributed by atoms with Gasteiger partial charge in [-0.15, -0.1) is 5.06 Å². The van der Waals surface area contributed by atoms with Gasteiger partial charge in [-0.25, -0.2) is 4.79 Å². The molecule has 1 aliphatic heterocycles. The molecule has 0 N–H and O–H groups in total. The molecule has 1 saturated heterocycles. The largest absolute Gasteiger partial charge is 0.399 e. The molecule has 2 aromatic carbocycles. The van der Waals surface area contributed by atoms with Crippen LogP contribution in [0.5, 0.6) is 0 Å². The van der Waals surface area contributed by atoms with Crippen LogP contribution >= 0.6 is 23.2 Å². The fourth-order valence-corrected chi connectivity index (χ4v) is 3.58. The van der Waals surface area contributed by atoms with Gasteiger partial charge in [0.15, 0.2) is 0 Å². The van der Waals surface area contributed by atoms with Gasteiger partial charge in [0, 0.05) is 16.6 Å². The minimum Gasteiger partial charge on any atom is -0.364 e. The van der Waals surface area contributed by atoms with E-state index in [0.717, 1.165) is 5.06 Å². The fourth-order valence-electron chi connectivity index (χ4n) is 3.06. The van der Waals surface area contributed by atoms with E-state index in [-0.39, 0.29) is 34.1 Å². The zero-order chi connectivity index (χ0) is 18.9. The van der Waals surface area contributed by atoms with Gasteiger partial charge in [-0.3, -0.25) is 0 Å². The highest BCUT2D eigenvalue weighted by molar-refractivity contribution is 6.34. The number of hydrogen-bond acceptors (Lipinski definition) is 3. The predicted octanol–water partition coefficient (Wildman–Crippen LogP) is 5.27. The van der Waals surface area contributed by atoms with E-state index in [0.29, 0.717) is 0 Å². The first kappa shape index (κ1) is 19.0. The van der Waals surface area contributed by atoms with Crippen molar-refractivity contribution in [3.8, 4) is 0 Å². The van der Waals surface area contributed by atoms with Gasteiger partial charge < -0.3 is 4.84 Å². The smallest absolute Gasteiger partial charge is 0.364 e.